The van der Waals surface area contributed by atoms with E-state index < -0.39 is 0 Å². The third-order valence-corrected chi connectivity index (χ3v) is 3.42. The summed E-state index contributed by atoms with van der Waals surface area (Å²) in [6.45, 7) is 3.55. The fourth-order valence-corrected chi connectivity index (χ4v) is 2.39. The van der Waals surface area contributed by atoms with Gasteiger partial charge in [0.1, 0.15) is 0 Å². The summed E-state index contributed by atoms with van der Waals surface area (Å²) in [6.07, 6.45) is 2.27. The zero-order valence-electron chi connectivity index (χ0n) is 11.2. The van der Waals surface area contributed by atoms with Gasteiger partial charge in [0.15, 0.2) is 0 Å². The summed E-state index contributed by atoms with van der Waals surface area (Å²) in [7, 11) is 0. The largest absolute Gasteiger partial charge is 0.399 e. The number of rotatable bonds is 4. The predicted molar refractivity (Wildman–Crippen MR) is 76.0 cm³/mol. The standard InChI is InChI=1S/C14H21N3O2/c1-2-13-10(6-7-19-13)9-16-14(18)17-12-5-3-4-11(15)8-12/h3-5,8,10,13H,2,6-7,9,15H2,1H3,(H2,16,17,18). The van der Waals surface area contributed by atoms with Crippen molar-refractivity contribution < 1.29 is 9.53 Å². The van der Waals surface area contributed by atoms with Crippen LogP contribution < -0.4 is 16.4 Å². The molecule has 1 fully saturated rings. The van der Waals surface area contributed by atoms with Crippen LogP contribution in [0.1, 0.15) is 19.8 Å². The van der Waals surface area contributed by atoms with E-state index in [0.717, 1.165) is 19.4 Å². The molecule has 104 valence electrons. The van der Waals surface area contributed by atoms with Crippen LogP contribution in [-0.4, -0.2) is 25.3 Å². The van der Waals surface area contributed by atoms with E-state index in [1.165, 1.54) is 0 Å². The van der Waals surface area contributed by atoms with Crippen molar-refractivity contribution >= 4 is 17.4 Å². The maximum Gasteiger partial charge on any atom is 0.319 e. The van der Waals surface area contributed by atoms with Gasteiger partial charge in [-0.05, 0) is 31.0 Å². The van der Waals surface area contributed by atoms with E-state index in [1.54, 1.807) is 12.1 Å². The number of benzene rings is 1. The Morgan fingerprint density at radius 3 is 3.11 bits per heavy atom. The van der Waals surface area contributed by atoms with Gasteiger partial charge >= 0.3 is 6.03 Å². The minimum atomic E-state index is -0.202. The molecule has 1 aliphatic heterocycles. The third kappa shape index (κ3) is 3.86. The second-order valence-electron chi connectivity index (χ2n) is 4.83. The molecule has 5 nitrogen and oxygen atoms in total. The number of ether oxygens (including phenoxy) is 1. The maximum atomic E-state index is 11.8. The molecule has 0 saturated carbocycles. The summed E-state index contributed by atoms with van der Waals surface area (Å²) >= 11 is 0. The predicted octanol–water partition coefficient (Wildman–Crippen LogP) is 2.21. The minimum absolute atomic E-state index is 0.202. The van der Waals surface area contributed by atoms with E-state index in [2.05, 4.69) is 17.6 Å². The Morgan fingerprint density at radius 1 is 1.53 bits per heavy atom. The molecule has 0 bridgehead atoms. The van der Waals surface area contributed by atoms with Crippen LogP contribution in [0.2, 0.25) is 0 Å². The Kier molecular flexibility index (Phi) is 4.63. The van der Waals surface area contributed by atoms with Crippen LogP contribution in [-0.2, 0) is 4.74 Å². The number of nitrogen functional groups attached to an aromatic ring is 1. The van der Waals surface area contributed by atoms with Crippen LogP contribution in [0.3, 0.4) is 0 Å². The molecule has 2 atom stereocenters. The zero-order valence-corrected chi connectivity index (χ0v) is 11.2. The summed E-state index contributed by atoms with van der Waals surface area (Å²) in [5.41, 5.74) is 6.99. The van der Waals surface area contributed by atoms with Crippen molar-refractivity contribution in [2.75, 3.05) is 24.2 Å². The van der Waals surface area contributed by atoms with Crippen LogP contribution >= 0.6 is 0 Å². The number of hydrogen-bond acceptors (Lipinski definition) is 3. The van der Waals surface area contributed by atoms with Crippen molar-refractivity contribution in [3.05, 3.63) is 24.3 Å². The van der Waals surface area contributed by atoms with Gasteiger partial charge in [0, 0.05) is 30.4 Å². The normalized spacial score (nSPS) is 22.2. The van der Waals surface area contributed by atoms with Gasteiger partial charge in [0.2, 0.25) is 0 Å². The van der Waals surface area contributed by atoms with Crippen LogP contribution in [0, 0.1) is 5.92 Å². The maximum absolute atomic E-state index is 11.8. The molecule has 1 aliphatic rings. The number of carbonyl (C=O) groups is 1. The number of urea groups is 1. The van der Waals surface area contributed by atoms with Crippen LogP contribution in [0.15, 0.2) is 24.3 Å². The van der Waals surface area contributed by atoms with Gasteiger partial charge in [0.25, 0.3) is 0 Å². The summed E-state index contributed by atoms with van der Waals surface area (Å²) < 4.78 is 5.59. The van der Waals surface area contributed by atoms with Crippen molar-refractivity contribution in [3.8, 4) is 0 Å². The molecule has 0 radical (unpaired) electrons. The van der Waals surface area contributed by atoms with Crippen LogP contribution in [0.5, 0.6) is 0 Å². The van der Waals surface area contributed by atoms with Crippen LogP contribution in [0.4, 0.5) is 16.2 Å². The Morgan fingerprint density at radius 2 is 2.37 bits per heavy atom. The molecule has 1 heterocycles. The average Bonchev–Trinajstić information content (AvgIpc) is 2.83. The van der Waals surface area contributed by atoms with E-state index in [1.807, 2.05) is 12.1 Å². The van der Waals surface area contributed by atoms with E-state index in [0.29, 0.717) is 23.8 Å². The van der Waals surface area contributed by atoms with Gasteiger partial charge in [-0.25, -0.2) is 4.79 Å². The highest BCUT2D eigenvalue weighted by Gasteiger charge is 2.26. The van der Waals surface area contributed by atoms with Gasteiger partial charge in [-0.2, -0.15) is 0 Å². The molecule has 1 saturated heterocycles. The third-order valence-electron chi connectivity index (χ3n) is 3.42. The highest BCUT2D eigenvalue weighted by molar-refractivity contribution is 5.89. The lowest BCUT2D eigenvalue weighted by Gasteiger charge is -2.17. The van der Waals surface area contributed by atoms with Crippen LogP contribution in [0.25, 0.3) is 0 Å². The molecule has 2 rings (SSSR count). The molecule has 0 aromatic heterocycles. The summed E-state index contributed by atoms with van der Waals surface area (Å²) in [5.74, 6) is 0.414. The highest BCUT2D eigenvalue weighted by atomic mass is 16.5. The lowest BCUT2D eigenvalue weighted by molar-refractivity contribution is 0.0879. The molecule has 2 amide bonds. The van der Waals surface area contributed by atoms with Gasteiger partial charge in [-0.3, -0.25) is 0 Å². The lowest BCUT2D eigenvalue weighted by Crippen LogP contribution is -2.35. The second-order valence-corrected chi connectivity index (χ2v) is 4.83. The fourth-order valence-electron chi connectivity index (χ4n) is 2.39. The molecule has 1 aromatic rings. The summed E-state index contributed by atoms with van der Waals surface area (Å²) in [4.78, 5) is 11.8. The van der Waals surface area contributed by atoms with Gasteiger partial charge in [-0.15, -0.1) is 0 Å². The number of hydrogen-bond donors (Lipinski definition) is 3. The second kappa shape index (κ2) is 6.43. The number of carbonyl (C=O) groups excluding carboxylic acids is 1. The Labute approximate surface area is 113 Å². The quantitative estimate of drug-likeness (QED) is 0.729. The Bertz CT molecular complexity index is 436. The number of nitrogens with one attached hydrogen (secondary N) is 2. The molecule has 2 unspecified atom stereocenters. The van der Waals surface area contributed by atoms with Crippen molar-refractivity contribution in [2.24, 2.45) is 5.92 Å². The minimum Gasteiger partial charge on any atom is -0.399 e. The van der Waals surface area contributed by atoms with Crippen molar-refractivity contribution in [1.29, 1.82) is 0 Å². The number of amides is 2. The molecule has 19 heavy (non-hydrogen) atoms. The SMILES string of the molecule is CCC1OCCC1CNC(=O)Nc1cccc(N)c1. The molecular formula is C14H21N3O2. The van der Waals surface area contributed by atoms with Crippen molar-refractivity contribution in [1.82, 2.24) is 5.32 Å². The van der Waals surface area contributed by atoms with E-state index in [9.17, 15) is 4.79 Å². The fraction of sp³-hybridized carbons (Fsp3) is 0.500. The van der Waals surface area contributed by atoms with E-state index >= 15 is 0 Å². The van der Waals surface area contributed by atoms with Gasteiger partial charge in [-0.1, -0.05) is 13.0 Å². The first-order valence-corrected chi connectivity index (χ1v) is 6.71. The van der Waals surface area contributed by atoms with Crippen molar-refractivity contribution in [3.63, 3.8) is 0 Å². The lowest BCUT2D eigenvalue weighted by atomic mass is 10.00. The number of nitrogens with two attached hydrogens (primary N) is 1. The summed E-state index contributed by atoms with van der Waals surface area (Å²) in [6, 6.07) is 6.93. The molecule has 4 N–H and O–H groups in total. The van der Waals surface area contributed by atoms with E-state index in [-0.39, 0.29) is 12.1 Å². The summed E-state index contributed by atoms with van der Waals surface area (Å²) in [5, 5.41) is 5.65. The smallest absolute Gasteiger partial charge is 0.319 e. The Hall–Kier alpha value is -1.75. The molecule has 0 aliphatic carbocycles. The highest BCUT2D eigenvalue weighted by Crippen LogP contribution is 2.22. The molecular weight excluding hydrogens is 242 g/mol. The zero-order chi connectivity index (χ0) is 13.7. The topological polar surface area (TPSA) is 76.4 Å². The number of anilines is 2. The van der Waals surface area contributed by atoms with Crippen molar-refractivity contribution in [2.45, 2.75) is 25.9 Å². The first-order valence-electron chi connectivity index (χ1n) is 6.71. The first-order chi connectivity index (χ1) is 9.19. The molecule has 1 aromatic carbocycles. The first kappa shape index (κ1) is 13.7. The Balaban J connectivity index is 1.78. The molecule has 5 heteroatoms. The van der Waals surface area contributed by atoms with Gasteiger partial charge < -0.3 is 21.1 Å². The van der Waals surface area contributed by atoms with E-state index in [4.69, 9.17) is 10.5 Å². The monoisotopic (exact) mass is 263 g/mol. The van der Waals surface area contributed by atoms with Gasteiger partial charge in [0.05, 0.1) is 6.10 Å². The average molecular weight is 263 g/mol. The molecule has 0 spiro atoms.